The summed E-state index contributed by atoms with van der Waals surface area (Å²) < 4.78 is 12.0. The Balaban J connectivity index is 1.95. The van der Waals surface area contributed by atoms with Gasteiger partial charge >= 0.3 is 5.69 Å². The molecule has 1 saturated heterocycles. The van der Waals surface area contributed by atoms with E-state index in [2.05, 4.69) is 4.98 Å². The van der Waals surface area contributed by atoms with Gasteiger partial charge in [-0.25, -0.2) is 4.79 Å². The molecule has 0 radical (unpaired) electrons. The molecular formula is C22H31N5O5. The maximum absolute atomic E-state index is 13.2. The van der Waals surface area contributed by atoms with Crippen LogP contribution in [0.4, 0.5) is 11.5 Å². The molecule has 10 nitrogen and oxygen atoms in total. The lowest BCUT2D eigenvalue weighted by molar-refractivity contribution is -0.137. The van der Waals surface area contributed by atoms with Gasteiger partial charge in [-0.1, -0.05) is 37.3 Å². The standard InChI is InChI=1S/C22H31N5O5/c1-3-17-14-25(9-12-32-17)18(28)15-26(13-16-7-5-4-6-8-16)19-20(23)27(10-11-31-2)22(30)24-21(19)29/h4-8,17H,3,9-15,23H2,1-2H3,(H,24,29,30). The third-order valence-corrected chi connectivity index (χ3v) is 5.54. The van der Waals surface area contributed by atoms with Gasteiger partial charge in [0.1, 0.15) is 11.5 Å². The van der Waals surface area contributed by atoms with Crippen molar-refractivity contribution < 1.29 is 14.3 Å². The van der Waals surface area contributed by atoms with E-state index < -0.39 is 11.2 Å². The number of anilines is 2. The second-order valence-corrected chi connectivity index (χ2v) is 7.72. The molecule has 0 saturated carbocycles. The first-order valence-electron chi connectivity index (χ1n) is 10.7. The zero-order chi connectivity index (χ0) is 23.1. The number of nitrogens with two attached hydrogens (primary N) is 1. The van der Waals surface area contributed by atoms with Crippen LogP contribution in [0.25, 0.3) is 0 Å². The number of morpholine rings is 1. The quantitative estimate of drug-likeness (QED) is 0.573. The summed E-state index contributed by atoms with van der Waals surface area (Å²) >= 11 is 0. The number of nitrogens with one attached hydrogen (secondary N) is 1. The molecule has 32 heavy (non-hydrogen) atoms. The fraction of sp³-hybridized carbons (Fsp3) is 0.500. The monoisotopic (exact) mass is 445 g/mol. The number of hydrogen-bond donors (Lipinski definition) is 2. The lowest BCUT2D eigenvalue weighted by Crippen LogP contribution is -2.50. The smallest absolute Gasteiger partial charge is 0.330 e. The van der Waals surface area contributed by atoms with Crippen LogP contribution in [0.15, 0.2) is 39.9 Å². The van der Waals surface area contributed by atoms with Crippen LogP contribution in [-0.4, -0.2) is 66.4 Å². The Bertz CT molecular complexity index is 1020. The summed E-state index contributed by atoms with van der Waals surface area (Å²) in [6.07, 6.45) is 0.814. The van der Waals surface area contributed by atoms with E-state index >= 15 is 0 Å². The lowest BCUT2D eigenvalue weighted by Gasteiger charge is -2.34. The summed E-state index contributed by atoms with van der Waals surface area (Å²) in [4.78, 5) is 44.0. The largest absolute Gasteiger partial charge is 0.383 e. The molecule has 1 atom stereocenters. The highest BCUT2D eigenvalue weighted by Crippen LogP contribution is 2.20. The molecule has 0 aliphatic carbocycles. The van der Waals surface area contributed by atoms with Gasteiger partial charge in [-0.05, 0) is 12.0 Å². The second kappa shape index (κ2) is 11.0. The molecule has 2 aromatic rings. The summed E-state index contributed by atoms with van der Waals surface area (Å²) in [6.45, 7) is 4.16. The zero-order valence-corrected chi connectivity index (χ0v) is 18.6. The Morgan fingerprint density at radius 3 is 2.75 bits per heavy atom. The molecule has 1 aromatic carbocycles. The van der Waals surface area contributed by atoms with E-state index in [9.17, 15) is 14.4 Å². The average Bonchev–Trinajstić information content (AvgIpc) is 2.79. The third kappa shape index (κ3) is 5.57. The minimum absolute atomic E-state index is 0.000283. The SMILES string of the molecule is CCC1CN(C(=O)CN(Cc2ccccc2)c2c(N)n(CCOC)c(=O)[nH]c2=O)CCO1. The van der Waals surface area contributed by atoms with Gasteiger partial charge in [0.15, 0.2) is 0 Å². The van der Waals surface area contributed by atoms with E-state index in [1.807, 2.05) is 37.3 Å². The minimum Gasteiger partial charge on any atom is -0.383 e. The summed E-state index contributed by atoms with van der Waals surface area (Å²) in [7, 11) is 1.51. The van der Waals surface area contributed by atoms with Gasteiger partial charge in [0.05, 0.1) is 32.4 Å². The number of aromatic nitrogens is 2. The first kappa shape index (κ1) is 23.6. The van der Waals surface area contributed by atoms with Crippen molar-refractivity contribution in [1.82, 2.24) is 14.5 Å². The first-order chi connectivity index (χ1) is 15.4. The lowest BCUT2D eigenvalue weighted by atomic mass is 10.2. The van der Waals surface area contributed by atoms with Crippen LogP contribution >= 0.6 is 0 Å². The number of ether oxygens (including phenoxy) is 2. The molecular weight excluding hydrogens is 414 g/mol. The van der Waals surface area contributed by atoms with Crippen LogP contribution in [0.3, 0.4) is 0 Å². The van der Waals surface area contributed by atoms with Crippen molar-refractivity contribution in [3.8, 4) is 0 Å². The van der Waals surface area contributed by atoms with Crippen LogP contribution < -0.4 is 21.9 Å². The van der Waals surface area contributed by atoms with Gasteiger partial charge in [-0.15, -0.1) is 0 Å². The number of carbonyl (C=O) groups is 1. The fourth-order valence-corrected chi connectivity index (χ4v) is 3.76. The highest BCUT2D eigenvalue weighted by atomic mass is 16.5. The molecule has 2 heterocycles. The molecule has 1 unspecified atom stereocenters. The molecule has 0 spiro atoms. The second-order valence-electron chi connectivity index (χ2n) is 7.72. The predicted molar refractivity (Wildman–Crippen MR) is 122 cm³/mol. The number of nitrogens with zero attached hydrogens (tertiary/aromatic N) is 3. The summed E-state index contributed by atoms with van der Waals surface area (Å²) in [5.41, 5.74) is 6.04. The van der Waals surface area contributed by atoms with Crippen LogP contribution in [0.5, 0.6) is 0 Å². The Labute approximate surface area is 186 Å². The number of benzene rings is 1. The number of H-pyrrole nitrogens is 1. The highest BCUT2D eigenvalue weighted by molar-refractivity contribution is 5.82. The molecule has 10 heteroatoms. The maximum Gasteiger partial charge on any atom is 0.330 e. The van der Waals surface area contributed by atoms with Crippen LogP contribution in [0.1, 0.15) is 18.9 Å². The number of amides is 1. The van der Waals surface area contributed by atoms with Gasteiger partial charge in [0, 0.05) is 26.7 Å². The van der Waals surface area contributed by atoms with E-state index in [1.54, 1.807) is 9.80 Å². The number of aromatic amines is 1. The number of nitrogen functional groups attached to an aromatic ring is 1. The van der Waals surface area contributed by atoms with E-state index in [0.29, 0.717) is 19.7 Å². The molecule has 1 fully saturated rings. The summed E-state index contributed by atoms with van der Waals surface area (Å²) in [5.74, 6) is -0.121. The van der Waals surface area contributed by atoms with Crippen molar-refractivity contribution in [2.75, 3.05) is 50.6 Å². The van der Waals surface area contributed by atoms with Crippen molar-refractivity contribution in [3.05, 3.63) is 56.7 Å². The van der Waals surface area contributed by atoms with Crippen molar-refractivity contribution in [1.29, 1.82) is 0 Å². The summed E-state index contributed by atoms with van der Waals surface area (Å²) in [5, 5.41) is 0. The minimum atomic E-state index is -0.627. The van der Waals surface area contributed by atoms with Crippen LogP contribution in [0, 0.1) is 0 Å². The van der Waals surface area contributed by atoms with Crippen molar-refractivity contribution in [3.63, 3.8) is 0 Å². The van der Waals surface area contributed by atoms with Gasteiger partial charge in [-0.2, -0.15) is 0 Å². The maximum atomic E-state index is 13.2. The van der Waals surface area contributed by atoms with Crippen molar-refractivity contribution >= 4 is 17.4 Å². The third-order valence-electron chi connectivity index (χ3n) is 5.54. The topological polar surface area (TPSA) is 123 Å². The van der Waals surface area contributed by atoms with E-state index in [-0.39, 0.29) is 49.8 Å². The van der Waals surface area contributed by atoms with E-state index in [0.717, 1.165) is 12.0 Å². The molecule has 1 aliphatic rings. The molecule has 1 aromatic heterocycles. The van der Waals surface area contributed by atoms with Crippen LogP contribution in [0.2, 0.25) is 0 Å². The van der Waals surface area contributed by atoms with Crippen LogP contribution in [-0.2, 0) is 27.4 Å². The summed E-state index contributed by atoms with van der Waals surface area (Å²) in [6, 6.07) is 9.48. The molecule has 3 rings (SSSR count). The van der Waals surface area contributed by atoms with Gasteiger partial charge in [0.25, 0.3) is 5.56 Å². The fourth-order valence-electron chi connectivity index (χ4n) is 3.76. The molecule has 174 valence electrons. The molecule has 0 bridgehead atoms. The Hall–Kier alpha value is -3.11. The highest BCUT2D eigenvalue weighted by Gasteiger charge is 2.27. The zero-order valence-electron chi connectivity index (χ0n) is 18.6. The van der Waals surface area contributed by atoms with E-state index in [4.69, 9.17) is 15.2 Å². The normalized spacial score (nSPS) is 16.2. The number of hydrogen-bond acceptors (Lipinski definition) is 7. The average molecular weight is 446 g/mol. The van der Waals surface area contributed by atoms with Crippen molar-refractivity contribution in [2.24, 2.45) is 0 Å². The molecule has 1 amide bonds. The van der Waals surface area contributed by atoms with E-state index in [1.165, 1.54) is 11.7 Å². The Morgan fingerprint density at radius 2 is 2.06 bits per heavy atom. The first-order valence-corrected chi connectivity index (χ1v) is 10.7. The van der Waals surface area contributed by atoms with Gasteiger partial charge in [-0.3, -0.25) is 19.1 Å². The van der Waals surface area contributed by atoms with Crippen molar-refractivity contribution in [2.45, 2.75) is 32.5 Å². The van der Waals surface area contributed by atoms with Gasteiger partial charge in [0.2, 0.25) is 5.91 Å². The Kier molecular flexibility index (Phi) is 8.07. The van der Waals surface area contributed by atoms with Gasteiger partial charge < -0.3 is 25.0 Å². The Morgan fingerprint density at radius 1 is 1.31 bits per heavy atom. The number of carbonyl (C=O) groups excluding carboxylic acids is 1. The number of rotatable bonds is 9. The number of methoxy groups -OCH3 is 1. The molecule has 1 aliphatic heterocycles. The predicted octanol–water partition coefficient (Wildman–Crippen LogP) is 0.409. The molecule has 3 N–H and O–H groups in total.